The van der Waals surface area contributed by atoms with Crippen molar-refractivity contribution in [2.75, 3.05) is 12.4 Å². The smallest absolute Gasteiger partial charge is 0.416 e. The van der Waals surface area contributed by atoms with E-state index in [1.165, 1.54) is 31.4 Å². The quantitative estimate of drug-likeness (QED) is 0.265. The number of carbonyl (C=O) groups excluding carboxylic acids is 1. The average Bonchev–Trinajstić information content (AvgIpc) is 2.82. The predicted molar refractivity (Wildman–Crippen MR) is 127 cm³/mol. The van der Waals surface area contributed by atoms with Crippen LogP contribution < -0.4 is 14.8 Å². The van der Waals surface area contributed by atoms with Crippen molar-refractivity contribution in [3.63, 3.8) is 0 Å². The summed E-state index contributed by atoms with van der Waals surface area (Å²) in [6, 6.07) is 15.9. The van der Waals surface area contributed by atoms with Crippen LogP contribution in [0.1, 0.15) is 16.7 Å². The summed E-state index contributed by atoms with van der Waals surface area (Å²) in [5, 5.41) is 12.4. The van der Waals surface area contributed by atoms with E-state index in [-0.39, 0.29) is 34.4 Å². The molecule has 0 aliphatic carbocycles. The fourth-order valence-corrected chi connectivity index (χ4v) is 3.48. The van der Waals surface area contributed by atoms with Gasteiger partial charge in [-0.2, -0.15) is 18.4 Å². The summed E-state index contributed by atoms with van der Waals surface area (Å²) in [6.45, 7) is 0.119. The van der Waals surface area contributed by atoms with Crippen LogP contribution in [0, 0.1) is 11.3 Å². The van der Waals surface area contributed by atoms with Gasteiger partial charge in [0.1, 0.15) is 18.2 Å². The van der Waals surface area contributed by atoms with Crippen LogP contribution >= 0.6 is 23.2 Å². The maximum absolute atomic E-state index is 12.9. The van der Waals surface area contributed by atoms with Crippen molar-refractivity contribution in [2.45, 2.75) is 12.8 Å². The van der Waals surface area contributed by atoms with Gasteiger partial charge >= 0.3 is 6.18 Å². The van der Waals surface area contributed by atoms with Crippen LogP contribution in [0.25, 0.3) is 6.08 Å². The number of ether oxygens (including phenoxy) is 2. The van der Waals surface area contributed by atoms with Crippen molar-refractivity contribution >= 4 is 40.9 Å². The van der Waals surface area contributed by atoms with E-state index in [0.717, 1.165) is 23.8 Å². The number of carbonyl (C=O) groups is 1. The summed E-state index contributed by atoms with van der Waals surface area (Å²) in [4.78, 5) is 12.5. The zero-order chi connectivity index (χ0) is 25.6. The van der Waals surface area contributed by atoms with E-state index in [2.05, 4.69) is 5.32 Å². The van der Waals surface area contributed by atoms with E-state index < -0.39 is 17.6 Å². The number of nitriles is 1. The largest absolute Gasteiger partial charge is 0.493 e. The number of hydrogen-bond donors (Lipinski definition) is 1. The molecule has 0 radical (unpaired) electrons. The van der Waals surface area contributed by atoms with Gasteiger partial charge in [0.15, 0.2) is 11.5 Å². The van der Waals surface area contributed by atoms with Crippen LogP contribution in [0.2, 0.25) is 10.0 Å². The molecule has 0 bridgehead atoms. The highest BCUT2D eigenvalue weighted by atomic mass is 35.5. The highest BCUT2D eigenvalue weighted by Gasteiger charge is 2.30. The molecule has 1 amide bonds. The monoisotopic (exact) mass is 520 g/mol. The summed E-state index contributed by atoms with van der Waals surface area (Å²) in [5.41, 5.74) is -0.321. The van der Waals surface area contributed by atoms with E-state index in [1.807, 2.05) is 6.07 Å². The maximum Gasteiger partial charge on any atom is 0.416 e. The van der Waals surface area contributed by atoms with Gasteiger partial charge in [0.05, 0.1) is 17.7 Å². The molecule has 0 unspecified atom stereocenters. The summed E-state index contributed by atoms with van der Waals surface area (Å²) in [7, 11) is 1.40. The third-order valence-electron chi connectivity index (χ3n) is 4.71. The van der Waals surface area contributed by atoms with E-state index >= 15 is 0 Å². The van der Waals surface area contributed by atoms with Crippen molar-refractivity contribution in [2.24, 2.45) is 0 Å². The second kappa shape index (κ2) is 11.2. The molecular formula is C25H17Cl2F3N2O3. The number of nitrogens with one attached hydrogen (secondary N) is 1. The third-order valence-corrected chi connectivity index (χ3v) is 5.35. The first-order chi connectivity index (χ1) is 16.6. The molecule has 180 valence electrons. The van der Waals surface area contributed by atoms with Crippen LogP contribution in [0.4, 0.5) is 18.9 Å². The molecule has 0 atom stereocenters. The normalized spacial score (nSPS) is 11.5. The molecule has 35 heavy (non-hydrogen) atoms. The summed E-state index contributed by atoms with van der Waals surface area (Å²) < 4.78 is 49.9. The van der Waals surface area contributed by atoms with Gasteiger partial charge in [-0.05, 0) is 48.0 Å². The van der Waals surface area contributed by atoms with Gasteiger partial charge in [0.25, 0.3) is 5.91 Å². The number of rotatable bonds is 7. The lowest BCUT2D eigenvalue weighted by atomic mass is 10.1. The first kappa shape index (κ1) is 25.9. The summed E-state index contributed by atoms with van der Waals surface area (Å²) in [5.74, 6) is -0.412. The lowest BCUT2D eigenvalue weighted by Gasteiger charge is -2.14. The average molecular weight is 521 g/mol. The Kier molecular flexibility index (Phi) is 8.28. The Morgan fingerprint density at radius 1 is 1.09 bits per heavy atom. The number of benzene rings is 3. The van der Waals surface area contributed by atoms with Crippen molar-refractivity contribution < 1.29 is 27.4 Å². The summed E-state index contributed by atoms with van der Waals surface area (Å²) in [6.07, 6.45) is -3.34. The minimum Gasteiger partial charge on any atom is -0.493 e. The van der Waals surface area contributed by atoms with Gasteiger partial charge in [0.2, 0.25) is 0 Å². The molecule has 5 nitrogen and oxygen atoms in total. The molecular weight excluding hydrogens is 504 g/mol. The Balaban J connectivity index is 1.83. The van der Waals surface area contributed by atoms with Crippen molar-refractivity contribution in [3.05, 3.63) is 93.0 Å². The van der Waals surface area contributed by atoms with E-state index in [1.54, 1.807) is 24.3 Å². The first-order valence-corrected chi connectivity index (χ1v) is 10.7. The van der Waals surface area contributed by atoms with Crippen LogP contribution in [-0.2, 0) is 17.6 Å². The number of nitrogens with zero attached hydrogens (tertiary/aromatic N) is 1. The Labute approximate surface area is 209 Å². The second-order valence-corrected chi connectivity index (χ2v) is 7.93. The fourth-order valence-electron chi connectivity index (χ4n) is 3.02. The summed E-state index contributed by atoms with van der Waals surface area (Å²) >= 11 is 12.5. The lowest BCUT2D eigenvalue weighted by Crippen LogP contribution is -2.14. The molecule has 10 heteroatoms. The number of amides is 1. The molecule has 0 heterocycles. The molecule has 3 aromatic rings. The molecule has 3 rings (SSSR count). The minimum absolute atomic E-state index is 0.107. The highest BCUT2D eigenvalue weighted by Crippen LogP contribution is 2.38. The maximum atomic E-state index is 12.9. The number of alkyl halides is 3. The Morgan fingerprint density at radius 3 is 2.49 bits per heavy atom. The third kappa shape index (κ3) is 6.69. The number of halogens is 5. The second-order valence-electron chi connectivity index (χ2n) is 7.12. The zero-order valence-electron chi connectivity index (χ0n) is 18.1. The van der Waals surface area contributed by atoms with E-state index in [0.29, 0.717) is 10.6 Å². The van der Waals surface area contributed by atoms with Crippen LogP contribution in [-0.4, -0.2) is 13.0 Å². The van der Waals surface area contributed by atoms with Crippen LogP contribution in [0.3, 0.4) is 0 Å². The van der Waals surface area contributed by atoms with Gasteiger partial charge in [-0.15, -0.1) is 0 Å². The van der Waals surface area contributed by atoms with Gasteiger partial charge in [0, 0.05) is 16.3 Å². The molecule has 0 spiro atoms. The van der Waals surface area contributed by atoms with Crippen LogP contribution in [0.15, 0.2) is 66.2 Å². The van der Waals surface area contributed by atoms with Gasteiger partial charge in [-0.1, -0.05) is 47.5 Å². The highest BCUT2D eigenvalue weighted by molar-refractivity contribution is 6.32. The molecule has 0 saturated carbocycles. The Hall–Kier alpha value is -3.67. The van der Waals surface area contributed by atoms with Gasteiger partial charge < -0.3 is 14.8 Å². The van der Waals surface area contributed by atoms with E-state index in [9.17, 15) is 23.2 Å². The zero-order valence-corrected chi connectivity index (χ0v) is 19.6. The fraction of sp³-hybridized carbons (Fsp3) is 0.120. The number of methoxy groups -OCH3 is 1. The van der Waals surface area contributed by atoms with Crippen molar-refractivity contribution in [1.82, 2.24) is 0 Å². The first-order valence-electron chi connectivity index (χ1n) is 9.96. The molecule has 0 saturated heterocycles. The molecule has 0 fully saturated rings. The molecule has 0 aromatic heterocycles. The Morgan fingerprint density at radius 2 is 1.83 bits per heavy atom. The SMILES string of the molecule is COc1cc(/C=C(\C#N)C(=O)Nc2cccc(C(F)(F)F)c2)cc(Cl)c1OCc1ccccc1Cl. The van der Waals surface area contributed by atoms with Crippen molar-refractivity contribution in [3.8, 4) is 17.6 Å². The van der Waals surface area contributed by atoms with Gasteiger partial charge in [-0.25, -0.2) is 0 Å². The Bertz CT molecular complexity index is 1320. The number of anilines is 1. The van der Waals surface area contributed by atoms with E-state index in [4.69, 9.17) is 32.7 Å². The molecule has 3 aromatic carbocycles. The molecule has 1 N–H and O–H groups in total. The minimum atomic E-state index is -4.57. The lowest BCUT2D eigenvalue weighted by molar-refractivity contribution is -0.137. The number of hydrogen-bond acceptors (Lipinski definition) is 4. The standard InChI is InChI=1S/C25H17Cl2F3N2O3/c1-34-22-11-15(10-21(27)23(22)35-14-16-5-2-3-8-20(16)26)9-17(13-31)24(33)32-19-7-4-6-18(12-19)25(28,29)30/h2-12H,14H2,1H3,(H,32,33)/b17-9+. The molecule has 0 aliphatic heterocycles. The topological polar surface area (TPSA) is 71.3 Å². The predicted octanol–water partition coefficient (Wildman–Crippen LogP) is 7.15. The van der Waals surface area contributed by atoms with Crippen LogP contribution in [0.5, 0.6) is 11.5 Å². The van der Waals surface area contributed by atoms with Crippen molar-refractivity contribution in [1.29, 1.82) is 5.26 Å². The molecule has 0 aliphatic rings. The van der Waals surface area contributed by atoms with Gasteiger partial charge in [-0.3, -0.25) is 4.79 Å².